The van der Waals surface area contributed by atoms with Gasteiger partial charge >= 0.3 is 0 Å². The van der Waals surface area contributed by atoms with Crippen LogP contribution in [-0.2, 0) is 0 Å². The Balaban J connectivity index is 2.27. The lowest BCUT2D eigenvalue weighted by molar-refractivity contribution is 0.0971. The second kappa shape index (κ2) is 4.64. The molecule has 1 aromatic rings. The van der Waals surface area contributed by atoms with Crippen LogP contribution in [0.5, 0.6) is 0 Å². The van der Waals surface area contributed by atoms with Gasteiger partial charge in [-0.2, -0.15) is 5.26 Å². The Morgan fingerprint density at radius 1 is 1.53 bits per heavy atom. The number of rotatable bonds is 1. The minimum atomic E-state index is -0.230. The number of hydrogen-bond acceptors (Lipinski definition) is 4. The summed E-state index contributed by atoms with van der Waals surface area (Å²) in [6.07, 6.45) is 0.517. The van der Waals surface area contributed by atoms with Crippen LogP contribution in [0.4, 0.5) is 11.4 Å². The number of para-hydroxylation sites is 1. The van der Waals surface area contributed by atoms with Crippen molar-refractivity contribution in [2.75, 3.05) is 23.7 Å². The third-order valence-electron chi connectivity index (χ3n) is 3.40. The van der Waals surface area contributed by atoms with E-state index in [2.05, 4.69) is 11.0 Å². The molecule has 2 unspecified atom stereocenters. The molecule has 2 atom stereocenters. The van der Waals surface area contributed by atoms with E-state index >= 15 is 0 Å². The molecule has 17 heavy (non-hydrogen) atoms. The number of hydrogen-bond donors (Lipinski definition) is 2. The van der Waals surface area contributed by atoms with E-state index in [1.807, 2.05) is 19.1 Å². The van der Waals surface area contributed by atoms with Crippen molar-refractivity contribution in [3.05, 3.63) is 23.8 Å². The third kappa shape index (κ3) is 2.20. The topological polar surface area (TPSA) is 73.3 Å². The van der Waals surface area contributed by atoms with Crippen molar-refractivity contribution in [1.29, 1.82) is 5.26 Å². The highest BCUT2D eigenvalue weighted by atomic mass is 16.3. The quantitative estimate of drug-likeness (QED) is 0.715. The Morgan fingerprint density at radius 3 is 2.94 bits per heavy atom. The second-order valence-electron chi connectivity index (χ2n) is 4.63. The van der Waals surface area contributed by atoms with Gasteiger partial charge in [0.2, 0.25) is 0 Å². The molecule has 0 radical (unpaired) electrons. The molecular formula is C13H17N3O. The van der Waals surface area contributed by atoms with Crippen molar-refractivity contribution in [2.24, 2.45) is 5.92 Å². The molecule has 0 spiro atoms. The number of nitrogen functional groups attached to an aromatic ring is 1. The summed E-state index contributed by atoms with van der Waals surface area (Å²) in [6.45, 7) is 3.59. The average molecular weight is 231 g/mol. The van der Waals surface area contributed by atoms with Crippen molar-refractivity contribution >= 4 is 11.4 Å². The highest BCUT2D eigenvalue weighted by molar-refractivity contribution is 5.74. The lowest BCUT2D eigenvalue weighted by Crippen LogP contribution is -2.42. The highest BCUT2D eigenvalue weighted by Crippen LogP contribution is 2.30. The summed E-state index contributed by atoms with van der Waals surface area (Å²) < 4.78 is 0. The maximum Gasteiger partial charge on any atom is 0.101 e. The Morgan fingerprint density at radius 2 is 2.29 bits per heavy atom. The Hall–Kier alpha value is -1.73. The zero-order chi connectivity index (χ0) is 12.4. The normalized spacial score (nSPS) is 24.4. The Labute approximate surface area is 101 Å². The van der Waals surface area contributed by atoms with Crippen LogP contribution in [0.15, 0.2) is 18.2 Å². The zero-order valence-electron chi connectivity index (χ0n) is 9.93. The summed E-state index contributed by atoms with van der Waals surface area (Å²) in [7, 11) is 0. The van der Waals surface area contributed by atoms with E-state index in [0.29, 0.717) is 11.3 Å². The van der Waals surface area contributed by atoms with Crippen molar-refractivity contribution in [3.8, 4) is 6.07 Å². The Bertz CT molecular complexity index is 452. The molecule has 4 heteroatoms. The van der Waals surface area contributed by atoms with E-state index in [-0.39, 0.29) is 12.0 Å². The van der Waals surface area contributed by atoms with Gasteiger partial charge in [0.1, 0.15) is 6.07 Å². The summed E-state index contributed by atoms with van der Waals surface area (Å²) in [4.78, 5) is 2.15. The molecule has 1 aromatic carbocycles. The van der Waals surface area contributed by atoms with Gasteiger partial charge in [0.25, 0.3) is 0 Å². The van der Waals surface area contributed by atoms with Gasteiger partial charge in [0.15, 0.2) is 0 Å². The second-order valence-corrected chi connectivity index (χ2v) is 4.63. The first-order valence-electron chi connectivity index (χ1n) is 5.85. The van der Waals surface area contributed by atoms with Gasteiger partial charge in [0, 0.05) is 13.1 Å². The maximum atomic E-state index is 9.70. The van der Waals surface area contributed by atoms with Crippen molar-refractivity contribution in [2.45, 2.75) is 19.4 Å². The summed E-state index contributed by atoms with van der Waals surface area (Å²) >= 11 is 0. The smallest absolute Gasteiger partial charge is 0.101 e. The van der Waals surface area contributed by atoms with Gasteiger partial charge in [-0.15, -0.1) is 0 Å². The third-order valence-corrected chi connectivity index (χ3v) is 3.40. The number of nitrogens with zero attached hydrogens (tertiary/aromatic N) is 2. The first-order chi connectivity index (χ1) is 8.13. The summed E-state index contributed by atoms with van der Waals surface area (Å²) in [5, 5.41) is 18.6. The maximum absolute atomic E-state index is 9.70. The number of benzene rings is 1. The SMILES string of the molecule is CC1CN(c2cccc(C#N)c2N)CCC1O. The van der Waals surface area contributed by atoms with E-state index in [0.717, 1.165) is 25.2 Å². The fraction of sp³-hybridized carbons (Fsp3) is 0.462. The molecule has 0 aliphatic carbocycles. The van der Waals surface area contributed by atoms with Gasteiger partial charge in [-0.1, -0.05) is 13.0 Å². The molecule has 1 aliphatic rings. The lowest BCUT2D eigenvalue weighted by Gasteiger charge is -2.36. The largest absolute Gasteiger partial charge is 0.396 e. The predicted molar refractivity (Wildman–Crippen MR) is 67.6 cm³/mol. The van der Waals surface area contributed by atoms with Gasteiger partial charge < -0.3 is 15.7 Å². The molecule has 0 aromatic heterocycles. The van der Waals surface area contributed by atoms with E-state index in [4.69, 9.17) is 11.0 Å². The number of aliphatic hydroxyl groups is 1. The fourth-order valence-electron chi connectivity index (χ4n) is 2.28. The summed E-state index contributed by atoms with van der Waals surface area (Å²) in [5.74, 6) is 0.230. The van der Waals surface area contributed by atoms with Crippen LogP contribution in [0.2, 0.25) is 0 Å². The summed E-state index contributed by atoms with van der Waals surface area (Å²) in [5.41, 5.74) is 7.94. The molecular weight excluding hydrogens is 214 g/mol. The van der Waals surface area contributed by atoms with Crippen LogP contribution in [0.3, 0.4) is 0 Å². The highest BCUT2D eigenvalue weighted by Gasteiger charge is 2.25. The molecule has 90 valence electrons. The molecule has 0 saturated carbocycles. The van der Waals surface area contributed by atoms with E-state index in [1.165, 1.54) is 0 Å². The number of nitriles is 1. The van der Waals surface area contributed by atoms with Gasteiger partial charge in [-0.25, -0.2) is 0 Å². The molecule has 0 amide bonds. The first-order valence-corrected chi connectivity index (χ1v) is 5.85. The van der Waals surface area contributed by atoms with Gasteiger partial charge in [-0.05, 0) is 24.5 Å². The number of aliphatic hydroxyl groups excluding tert-OH is 1. The first kappa shape index (κ1) is 11.7. The summed E-state index contributed by atoms with van der Waals surface area (Å²) in [6, 6.07) is 7.60. The van der Waals surface area contributed by atoms with Crippen LogP contribution < -0.4 is 10.6 Å². The minimum Gasteiger partial charge on any atom is -0.396 e. The lowest BCUT2D eigenvalue weighted by atomic mass is 9.96. The number of nitrogens with two attached hydrogens (primary N) is 1. The van der Waals surface area contributed by atoms with Crippen LogP contribution >= 0.6 is 0 Å². The molecule has 4 nitrogen and oxygen atoms in total. The number of anilines is 2. The molecule has 1 aliphatic heterocycles. The van der Waals surface area contributed by atoms with Gasteiger partial charge in [-0.3, -0.25) is 0 Å². The fourth-order valence-corrected chi connectivity index (χ4v) is 2.28. The molecule has 1 saturated heterocycles. The van der Waals surface area contributed by atoms with Crippen LogP contribution in [0.25, 0.3) is 0 Å². The van der Waals surface area contributed by atoms with Crippen LogP contribution in [0.1, 0.15) is 18.9 Å². The standard InChI is InChI=1S/C13H17N3O/c1-9-8-16(6-5-12(9)17)11-4-2-3-10(7-14)13(11)15/h2-4,9,12,17H,5-6,8,15H2,1H3. The molecule has 1 heterocycles. The van der Waals surface area contributed by atoms with Crippen LogP contribution in [-0.4, -0.2) is 24.3 Å². The number of piperidine rings is 1. The molecule has 1 fully saturated rings. The van der Waals surface area contributed by atoms with E-state index in [1.54, 1.807) is 6.07 Å². The van der Waals surface area contributed by atoms with Crippen LogP contribution in [0, 0.1) is 17.2 Å². The monoisotopic (exact) mass is 231 g/mol. The Kier molecular flexibility index (Phi) is 3.21. The molecule has 3 N–H and O–H groups in total. The van der Waals surface area contributed by atoms with Crippen molar-refractivity contribution < 1.29 is 5.11 Å². The van der Waals surface area contributed by atoms with Crippen molar-refractivity contribution in [3.63, 3.8) is 0 Å². The van der Waals surface area contributed by atoms with Crippen molar-refractivity contribution in [1.82, 2.24) is 0 Å². The minimum absolute atomic E-state index is 0.230. The average Bonchev–Trinajstić information content (AvgIpc) is 2.33. The van der Waals surface area contributed by atoms with E-state index < -0.39 is 0 Å². The molecule has 2 rings (SSSR count). The van der Waals surface area contributed by atoms with Gasteiger partial charge in [0.05, 0.1) is 23.0 Å². The molecule has 0 bridgehead atoms. The zero-order valence-corrected chi connectivity index (χ0v) is 9.93. The predicted octanol–water partition coefficient (Wildman–Crippen LogP) is 1.35. The van der Waals surface area contributed by atoms with E-state index in [9.17, 15) is 5.11 Å².